The van der Waals surface area contributed by atoms with E-state index in [1.54, 1.807) is 10.7 Å². The van der Waals surface area contributed by atoms with Gasteiger partial charge in [0.15, 0.2) is 5.65 Å². The van der Waals surface area contributed by atoms with Crippen LogP contribution in [0.3, 0.4) is 0 Å². The van der Waals surface area contributed by atoms with Crippen LogP contribution >= 0.6 is 0 Å². The Kier molecular flexibility index (Phi) is 3.63. The quantitative estimate of drug-likeness (QED) is 0.920. The summed E-state index contributed by atoms with van der Waals surface area (Å²) >= 11 is 0. The van der Waals surface area contributed by atoms with Crippen LogP contribution in [0.15, 0.2) is 12.3 Å². The number of carbonyl (C=O) groups is 1. The van der Waals surface area contributed by atoms with Gasteiger partial charge < -0.3 is 10.2 Å². The van der Waals surface area contributed by atoms with Gasteiger partial charge in [-0.25, -0.2) is 9.50 Å². The summed E-state index contributed by atoms with van der Waals surface area (Å²) in [5.41, 5.74) is 3.16. The van der Waals surface area contributed by atoms with Crippen LogP contribution in [0.2, 0.25) is 0 Å². The highest BCUT2D eigenvalue weighted by atomic mass is 16.2. The second-order valence-electron chi connectivity index (χ2n) is 5.68. The summed E-state index contributed by atoms with van der Waals surface area (Å²) < 4.78 is 1.74. The molecule has 21 heavy (non-hydrogen) atoms. The van der Waals surface area contributed by atoms with Crippen LogP contribution in [0, 0.1) is 13.8 Å². The molecule has 0 aromatic carbocycles. The van der Waals surface area contributed by atoms with E-state index >= 15 is 0 Å². The van der Waals surface area contributed by atoms with Gasteiger partial charge in [-0.05, 0) is 39.8 Å². The van der Waals surface area contributed by atoms with Gasteiger partial charge in [0.1, 0.15) is 5.56 Å². The molecule has 1 fully saturated rings. The second-order valence-corrected chi connectivity index (χ2v) is 5.68. The monoisotopic (exact) mass is 287 g/mol. The minimum absolute atomic E-state index is 0.0419. The van der Waals surface area contributed by atoms with Crippen molar-refractivity contribution in [1.29, 1.82) is 0 Å². The second kappa shape index (κ2) is 5.44. The average molecular weight is 287 g/mol. The van der Waals surface area contributed by atoms with Crippen LogP contribution in [0.4, 0.5) is 0 Å². The van der Waals surface area contributed by atoms with Gasteiger partial charge in [0.25, 0.3) is 5.91 Å². The molecule has 0 saturated carbocycles. The number of aromatic nitrogens is 3. The highest BCUT2D eigenvalue weighted by Gasteiger charge is 2.30. The van der Waals surface area contributed by atoms with E-state index in [0.717, 1.165) is 37.3 Å². The van der Waals surface area contributed by atoms with E-state index in [4.69, 9.17) is 0 Å². The molecule has 1 aliphatic heterocycles. The Hall–Kier alpha value is -1.95. The van der Waals surface area contributed by atoms with Crippen LogP contribution in [0.1, 0.15) is 34.6 Å². The van der Waals surface area contributed by atoms with E-state index in [1.807, 2.05) is 31.9 Å². The Balaban J connectivity index is 1.98. The number of likely N-dealkylation sites (N-methyl/N-ethyl adjacent to an activating group) is 1. The first-order chi connectivity index (χ1) is 10.1. The zero-order valence-corrected chi connectivity index (χ0v) is 12.8. The molecule has 1 amide bonds. The largest absolute Gasteiger partial charge is 0.334 e. The molecule has 0 spiro atoms. The molecule has 1 N–H and O–H groups in total. The van der Waals surface area contributed by atoms with E-state index < -0.39 is 0 Å². The molecule has 3 heterocycles. The molecule has 2 aromatic heterocycles. The molecular formula is C15H21N5O. The smallest absolute Gasteiger partial charge is 0.259 e. The maximum atomic E-state index is 12.8. The molecule has 1 aliphatic rings. The summed E-state index contributed by atoms with van der Waals surface area (Å²) in [4.78, 5) is 19.3. The molecular weight excluding hydrogens is 266 g/mol. The molecule has 1 unspecified atom stereocenters. The number of carbonyl (C=O) groups excluding carboxylic acids is 1. The van der Waals surface area contributed by atoms with Crippen molar-refractivity contribution in [2.24, 2.45) is 0 Å². The molecule has 0 radical (unpaired) electrons. The summed E-state index contributed by atoms with van der Waals surface area (Å²) in [7, 11) is 1.92. The van der Waals surface area contributed by atoms with Crippen LogP contribution < -0.4 is 5.32 Å². The number of nitrogens with one attached hydrogen (secondary N) is 1. The Labute approximate surface area is 124 Å². The minimum atomic E-state index is 0.0419. The molecule has 2 aromatic rings. The van der Waals surface area contributed by atoms with E-state index in [0.29, 0.717) is 11.2 Å². The molecule has 3 rings (SSSR count). The van der Waals surface area contributed by atoms with Crippen molar-refractivity contribution < 1.29 is 4.79 Å². The number of amides is 1. The number of fused-ring (bicyclic) bond motifs is 1. The third-order valence-electron chi connectivity index (χ3n) is 4.09. The van der Waals surface area contributed by atoms with Gasteiger partial charge in [0.05, 0.1) is 6.20 Å². The molecule has 6 nitrogen and oxygen atoms in total. The number of rotatable bonds is 3. The van der Waals surface area contributed by atoms with Gasteiger partial charge in [0, 0.05) is 30.5 Å². The predicted molar refractivity (Wildman–Crippen MR) is 80.4 cm³/mol. The topological polar surface area (TPSA) is 62.5 Å². The van der Waals surface area contributed by atoms with E-state index in [9.17, 15) is 4.79 Å². The molecule has 1 atom stereocenters. The van der Waals surface area contributed by atoms with Crippen LogP contribution in [-0.4, -0.2) is 51.6 Å². The molecule has 0 aliphatic carbocycles. The summed E-state index contributed by atoms with van der Waals surface area (Å²) in [5.74, 6) is 0.0419. The third kappa shape index (κ3) is 2.40. The molecule has 0 bridgehead atoms. The number of hydrogen-bond acceptors (Lipinski definition) is 4. The fourth-order valence-corrected chi connectivity index (χ4v) is 3.13. The van der Waals surface area contributed by atoms with Gasteiger partial charge in [-0.3, -0.25) is 4.79 Å². The molecule has 112 valence electrons. The number of nitrogens with zero attached hydrogens (tertiary/aromatic N) is 4. The van der Waals surface area contributed by atoms with E-state index in [1.165, 1.54) is 0 Å². The van der Waals surface area contributed by atoms with Gasteiger partial charge in [-0.15, -0.1) is 0 Å². The summed E-state index contributed by atoms with van der Waals surface area (Å²) in [6.45, 7) is 5.56. The molecule has 6 heteroatoms. The van der Waals surface area contributed by atoms with Crippen molar-refractivity contribution >= 4 is 11.6 Å². The van der Waals surface area contributed by atoms with Crippen molar-refractivity contribution in [1.82, 2.24) is 24.8 Å². The highest BCUT2D eigenvalue weighted by Crippen LogP contribution is 2.21. The predicted octanol–water partition coefficient (Wildman–Crippen LogP) is 1.17. The maximum absolute atomic E-state index is 12.8. The Bertz CT molecular complexity index is 678. The normalized spacial score (nSPS) is 18.6. The lowest BCUT2D eigenvalue weighted by molar-refractivity contribution is 0.0739. The summed E-state index contributed by atoms with van der Waals surface area (Å²) in [6, 6.07) is 2.23. The Morgan fingerprint density at radius 2 is 2.29 bits per heavy atom. The van der Waals surface area contributed by atoms with Gasteiger partial charge in [-0.1, -0.05) is 0 Å². The van der Waals surface area contributed by atoms with Crippen molar-refractivity contribution in [3.05, 3.63) is 29.2 Å². The van der Waals surface area contributed by atoms with Crippen LogP contribution in [-0.2, 0) is 0 Å². The lowest BCUT2D eigenvalue weighted by Gasteiger charge is -2.24. The van der Waals surface area contributed by atoms with Gasteiger partial charge in [0.2, 0.25) is 0 Å². The fourth-order valence-electron chi connectivity index (χ4n) is 3.13. The fraction of sp³-hybridized carbons (Fsp3) is 0.533. The zero-order valence-electron chi connectivity index (χ0n) is 12.8. The van der Waals surface area contributed by atoms with E-state index in [-0.39, 0.29) is 11.9 Å². The lowest BCUT2D eigenvalue weighted by atomic mass is 10.2. The lowest BCUT2D eigenvalue weighted by Crippen LogP contribution is -2.40. The third-order valence-corrected chi connectivity index (χ3v) is 4.09. The Morgan fingerprint density at radius 1 is 1.48 bits per heavy atom. The van der Waals surface area contributed by atoms with Crippen molar-refractivity contribution in [3.63, 3.8) is 0 Å². The molecule has 1 saturated heterocycles. The van der Waals surface area contributed by atoms with E-state index in [2.05, 4.69) is 15.4 Å². The number of aryl methyl sites for hydroxylation is 2. The Morgan fingerprint density at radius 3 is 3.05 bits per heavy atom. The minimum Gasteiger partial charge on any atom is -0.334 e. The van der Waals surface area contributed by atoms with Gasteiger partial charge >= 0.3 is 0 Å². The highest BCUT2D eigenvalue weighted by molar-refractivity contribution is 6.00. The van der Waals surface area contributed by atoms with Crippen LogP contribution in [0.25, 0.3) is 5.65 Å². The standard InChI is InChI=1S/C15H21N5O/c1-10-7-11(2)20-14(18-10)13(9-17-20)15(21)19-6-4-5-12(19)8-16-3/h7,9,12,16H,4-6,8H2,1-3H3. The SMILES string of the molecule is CNCC1CCCN1C(=O)c1cnn2c(C)cc(C)nc12. The first kappa shape index (κ1) is 14.0. The summed E-state index contributed by atoms with van der Waals surface area (Å²) in [5, 5.41) is 7.48. The first-order valence-corrected chi connectivity index (χ1v) is 7.39. The van der Waals surface area contributed by atoms with Crippen LogP contribution in [0.5, 0.6) is 0 Å². The van der Waals surface area contributed by atoms with Crippen molar-refractivity contribution in [2.45, 2.75) is 32.7 Å². The van der Waals surface area contributed by atoms with Crippen molar-refractivity contribution in [3.8, 4) is 0 Å². The maximum Gasteiger partial charge on any atom is 0.259 e. The number of hydrogen-bond donors (Lipinski definition) is 1. The number of likely N-dealkylation sites (tertiary alicyclic amines) is 1. The van der Waals surface area contributed by atoms with Crippen molar-refractivity contribution in [2.75, 3.05) is 20.1 Å². The first-order valence-electron chi connectivity index (χ1n) is 7.39. The summed E-state index contributed by atoms with van der Waals surface area (Å²) in [6.07, 6.45) is 3.76. The van der Waals surface area contributed by atoms with Gasteiger partial charge in [-0.2, -0.15) is 5.10 Å². The zero-order chi connectivity index (χ0) is 15.0. The average Bonchev–Trinajstić information content (AvgIpc) is 3.05.